The van der Waals surface area contributed by atoms with Crippen LogP contribution in [0.15, 0.2) is 66.0 Å². The van der Waals surface area contributed by atoms with Crippen LogP contribution in [-0.4, -0.2) is 37.2 Å². The Morgan fingerprint density at radius 1 is 1.13 bits per heavy atom. The van der Waals surface area contributed by atoms with Crippen molar-refractivity contribution in [3.63, 3.8) is 0 Å². The number of hydrogen-bond donors (Lipinski definition) is 0. The highest BCUT2D eigenvalue weighted by atomic mass is 32.1. The Morgan fingerprint density at radius 2 is 2.03 bits per heavy atom. The van der Waals surface area contributed by atoms with Crippen LogP contribution >= 0.6 is 11.3 Å². The summed E-state index contributed by atoms with van der Waals surface area (Å²) in [6, 6.07) is 19.3. The van der Waals surface area contributed by atoms with Crippen molar-refractivity contribution in [2.45, 2.75) is 32.0 Å². The summed E-state index contributed by atoms with van der Waals surface area (Å²) in [5.41, 5.74) is 1.58. The third kappa shape index (κ3) is 5.66. The van der Waals surface area contributed by atoms with Crippen LogP contribution < -0.4 is 9.47 Å². The molecule has 0 spiro atoms. The third-order valence-electron chi connectivity index (χ3n) is 5.31. The molecule has 1 atom stereocenters. The maximum atomic E-state index is 13.5. The molecule has 0 radical (unpaired) electrons. The lowest BCUT2D eigenvalue weighted by atomic mass is 10.1. The molecule has 0 saturated carbocycles. The van der Waals surface area contributed by atoms with Crippen molar-refractivity contribution in [2.75, 3.05) is 20.3 Å². The summed E-state index contributed by atoms with van der Waals surface area (Å²) < 4.78 is 17.0. The van der Waals surface area contributed by atoms with Gasteiger partial charge in [-0.25, -0.2) is 0 Å². The number of benzene rings is 2. The van der Waals surface area contributed by atoms with Crippen LogP contribution in [0.2, 0.25) is 0 Å². The first-order chi connectivity index (χ1) is 15.2. The minimum Gasteiger partial charge on any atom is -0.496 e. The van der Waals surface area contributed by atoms with E-state index in [1.54, 1.807) is 18.4 Å². The summed E-state index contributed by atoms with van der Waals surface area (Å²) in [6.07, 6.45) is 2.24. The number of rotatable bonds is 9. The number of carbonyl (C=O) groups excluding carboxylic acids is 1. The number of carbonyl (C=O) groups is 1. The average molecular weight is 438 g/mol. The van der Waals surface area contributed by atoms with Crippen molar-refractivity contribution in [1.29, 1.82) is 0 Å². The van der Waals surface area contributed by atoms with Gasteiger partial charge in [-0.15, -0.1) is 11.3 Å². The number of para-hydroxylation sites is 1. The molecule has 2 heterocycles. The monoisotopic (exact) mass is 437 g/mol. The SMILES string of the molecule is COc1ccccc1CN(Cc1cccs1)C(=O)c1cccc(OCC2CCCO2)c1. The Balaban J connectivity index is 1.52. The largest absolute Gasteiger partial charge is 0.496 e. The zero-order valence-electron chi connectivity index (χ0n) is 17.7. The molecule has 4 rings (SSSR count). The second kappa shape index (κ2) is 10.5. The van der Waals surface area contributed by atoms with Gasteiger partial charge in [0.05, 0.1) is 26.3 Å². The van der Waals surface area contributed by atoms with E-state index >= 15 is 0 Å². The second-order valence-corrected chi connectivity index (χ2v) is 8.56. The van der Waals surface area contributed by atoms with Gasteiger partial charge in [-0.2, -0.15) is 0 Å². The molecule has 31 heavy (non-hydrogen) atoms. The fraction of sp³-hybridized carbons (Fsp3) is 0.320. The quantitative estimate of drug-likeness (QED) is 0.464. The standard InChI is InChI=1S/C25H27NO4S/c1-28-24-12-3-2-7-20(24)16-26(17-23-11-6-14-31-23)25(27)19-8-4-9-21(15-19)30-18-22-10-5-13-29-22/h2-4,6-9,11-12,14-15,22H,5,10,13,16-18H2,1H3. The van der Waals surface area contributed by atoms with Crippen molar-refractivity contribution in [3.8, 4) is 11.5 Å². The van der Waals surface area contributed by atoms with Gasteiger partial charge in [-0.3, -0.25) is 4.79 Å². The molecule has 1 amide bonds. The molecule has 2 aromatic carbocycles. The normalized spacial score (nSPS) is 15.6. The topological polar surface area (TPSA) is 48.0 Å². The smallest absolute Gasteiger partial charge is 0.254 e. The molecule has 3 aromatic rings. The fourth-order valence-corrected chi connectivity index (χ4v) is 4.42. The van der Waals surface area contributed by atoms with Crippen molar-refractivity contribution in [1.82, 2.24) is 4.90 Å². The molecular weight excluding hydrogens is 410 g/mol. The van der Waals surface area contributed by atoms with Gasteiger partial charge in [0, 0.05) is 22.6 Å². The van der Waals surface area contributed by atoms with Crippen molar-refractivity contribution in [3.05, 3.63) is 82.0 Å². The zero-order chi connectivity index (χ0) is 21.5. The predicted octanol–water partition coefficient (Wildman–Crippen LogP) is 5.16. The predicted molar refractivity (Wildman–Crippen MR) is 122 cm³/mol. The molecule has 1 saturated heterocycles. The lowest BCUT2D eigenvalue weighted by Gasteiger charge is -2.24. The highest BCUT2D eigenvalue weighted by molar-refractivity contribution is 7.09. The minimum absolute atomic E-state index is 0.0399. The molecule has 1 aliphatic rings. The Morgan fingerprint density at radius 3 is 2.81 bits per heavy atom. The number of ether oxygens (including phenoxy) is 3. The summed E-state index contributed by atoms with van der Waals surface area (Å²) in [4.78, 5) is 16.5. The molecule has 5 nitrogen and oxygen atoms in total. The van der Waals surface area contributed by atoms with Gasteiger partial charge < -0.3 is 19.1 Å². The first-order valence-electron chi connectivity index (χ1n) is 10.5. The van der Waals surface area contributed by atoms with E-state index in [0.29, 0.717) is 31.0 Å². The molecular formula is C25H27NO4S. The zero-order valence-corrected chi connectivity index (χ0v) is 18.5. The molecule has 0 aliphatic carbocycles. The summed E-state index contributed by atoms with van der Waals surface area (Å²) in [6.45, 7) is 2.31. The van der Waals surface area contributed by atoms with Gasteiger partial charge in [0.25, 0.3) is 5.91 Å². The van der Waals surface area contributed by atoms with Crippen molar-refractivity contribution in [2.24, 2.45) is 0 Å². The lowest BCUT2D eigenvalue weighted by Crippen LogP contribution is -2.30. The highest BCUT2D eigenvalue weighted by Crippen LogP contribution is 2.24. The summed E-state index contributed by atoms with van der Waals surface area (Å²) in [7, 11) is 1.65. The maximum absolute atomic E-state index is 13.5. The summed E-state index contributed by atoms with van der Waals surface area (Å²) in [5, 5.41) is 2.03. The number of hydrogen-bond acceptors (Lipinski definition) is 5. The van der Waals surface area contributed by atoms with Crippen LogP contribution in [0.5, 0.6) is 11.5 Å². The van der Waals surface area contributed by atoms with Crippen LogP contribution in [-0.2, 0) is 17.8 Å². The lowest BCUT2D eigenvalue weighted by molar-refractivity contribution is 0.0676. The molecule has 1 unspecified atom stereocenters. The molecule has 0 N–H and O–H groups in total. The third-order valence-corrected chi connectivity index (χ3v) is 6.17. The Bertz CT molecular complexity index is 983. The van der Waals surface area contributed by atoms with Gasteiger partial charge in [-0.1, -0.05) is 30.3 Å². The van der Waals surface area contributed by atoms with E-state index in [1.165, 1.54) is 0 Å². The van der Waals surface area contributed by atoms with Crippen LogP contribution in [0.3, 0.4) is 0 Å². The van der Waals surface area contributed by atoms with Crippen LogP contribution in [0.4, 0.5) is 0 Å². The fourth-order valence-electron chi connectivity index (χ4n) is 3.70. The van der Waals surface area contributed by atoms with Gasteiger partial charge in [0.15, 0.2) is 0 Å². The average Bonchev–Trinajstić information content (AvgIpc) is 3.52. The van der Waals surface area contributed by atoms with E-state index in [1.807, 2.05) is 70.9 Å². The first-order valence-corrected chi connectivity index (χ1v) is 11.4. The van der Waals surface area contributed by atoms with E-state index in [9.17, 15) is 4.79 Å². The van der Waals surface area contributed by atoms with Gasteiger partial charge in [-0.05, 0) is 48.6 Å². The molecule has 6 heteroatoms. The van der Waals surface area contributed by atoms with Crippen LogP contribution in [0.1, 0.15) is 33.6 Å². The molecule has 1 fully saturated rings. The van der Waals surface area contributed by atoms with E-state index < -0.39 is 0 Å². The Labute approximate surface area is 187 Å². The van der Waals surface area contributed by atoms with Crippen molar-refractivity contribution >= 4 is 17.2 Å². The Hall–Kier alpha value is -2.83. The Kier molecular flexibility index (Phi) is 7.22. The molecule has 1 aliphatic heterocycles. The minimum atomic E-state index is -0.0399. The van der Waals surface area contributed by atoms with E-state index in [4.69, 9.17) is 14.2 Å². The summed E-state index contributed by atoms with van der Waals surface area (Å²) in [5.74, 6) is 1.43. The second-order valence-electron chi connectivity index (χ2n) is 7.53. The van der Waals surface area contributed by atoms with Gasteiger partial charge in [0.2, 0.25) is 0 Å². The van der Waals surface area contributed by atoms with Crippen LogP contribution in [0.25, 0.3) is 0 Å². The number of thiophene rings is 1. The van der Waals surface area contributed by atoms with E-state index in [-0.39, 0.29) is 12.0 Å². The van der Waals surface area contributed by atoms with Gasteiger partial charge in [0.1, 0.15) is 18.1 Å². The van der Waals surface area contributed by atoms with E-state index in [0.717, 1.165) is 35.6 Å². The maximum Gasteiger partial charge on any atom is 0.254 e. The first kappa shape index (κ1) is 21.4. The molecule has 0 bridgehead atoms. The highest BCUT2D eigenvalue weighted by Gasteiger charge is 2.20. The summed E-state index contributed by atoms with van der Waals surface area (Å²) >= 11 is 1.65. The van der Waals surface area contributed by atoms with E-state index in [2.05, 4.69) is 0 Å². The molecule has 1 aromatic heterocycles. The van der Waals surface area contributed by atoms with Gasteiger partial charge >= 0.3 is 0 Å². The van der Waals surface area contributed by atoms with Crippen molar-refractivity contribution < 1.29 is 19.0 Å². The number of nitrogens with zero attached hydrogens (tertiary/aromatic N) is 1. The number of amides is 1. The van der Waals surface area contributed by atoms with Crippen LogP contribution in [0, 0.1) is 0 Å². The number of methoxy groups -OCH3 is 1. The molecule has 162 valence electrons.